The van der Waals surface area contributed by atoms with Gasteiger partial charge in [-0.2, -0.15) is 0 Å². The molecule has 19 heavy (non-hydrogen) atoms. The number of carbonyl (C=O) groups excluding carboxylic acids is 1. The molecule has 0 spiro atoms. The highest BCUT2D eigenvalue weighted by atomic mass is 16.4. The van der Waals surface area contributed by atoms with Crippen LogP contribution in [0.4, 0.5) is 4.79 Å². The molecule has 2 amide bonds. The molecule has 1 aliphatic rings. The number of nitrogens with zero attached hydrogens (tertiary/aromatic N) is 2. The molecule has 1 saturated carbocycles. The molecule has 2 rings (SSSR count). The van der Waals surface area contributed by atoms with E-state index in [9.17, 15) is 9.59 Å². The van der Waals surface area contributed by atoms with Gasteiger partial charge in [0.15, 0.2) is 0 Å². The summed E-state index contributed by atoms with van der Waals surface area (Å²) < 4.78 is 5.20. The average molecular weight is 266 g/mol. The van der Waals surface area contributed by atoms with E-state index in [1.807, 2.05) is 6.07 Å². The van der Waals surface area contributed by atoms with Gasteiger partial charge >= 0.3 is 12.0 Å². The van der Waals surface area contributed by atoms with Crippen LogP contribution in [0.1, 0.15) is 25.0 Å². The van der Waals surface area contributed by atoms with Crippen molar-refractivity contribution in [3.8, 4) is 0 Å². The third kappa shape index (κ3) is 3.74. The minimum Gasteiger partial charge on any atom is -0.481 e. The Kier molecular flexibility index (Phi) is 4.09. The second-order valence-corrected chi connectivity index (χ2v) is 4.79. The molecule has 0 bridgehead atoms. The predicted octanol–water partition coefficient (Wildman–Crippen LogP) is 1.77. The highest BCUT2D eigenvalue weighted by Crippen LogP contribution is 2.28. The van der Waals surface area contributed by atoms with Crippen molar-refractivity contribution < 1.29 is 19.1 Å². The monoisotopic (exact) mass is 266 g/mol. The third-order valence-corrected chi connectivity index (χ3v) is 3.10. The number of aliphatic carboxylic acids is 1. The Morgan fingerprint density at radius 1 is 1.47 bits per heavy atom. The first-order valence-corrected chi connectivity index (χ1v) is 6.34. The van der Waals surface area contributed by atoms with Gasteiger partial charge in [0.25, 0.3) is 0 Å². The fourth-order valence-electron chi connectivity index (χ4n) is 1.96. The third-order valence-electron chi connectivity index (χ3n) is 3.10. The number of urea groups is 1. The molecule has 1 aliphatic carbocycles. The lowest BCUT2D eigenvalue weighted by Gasteiger charge is -2.27. The lowest BCUT2D eigenvalue weighted by Crippen LogP contribution is -2.43. The number of rotatable bonds is 6. The van der Waals surface area contributed by atoms with Crippen LogP contribution in [0, 0.1) is 0 Å². The van der Waals surface area contributed by atoms with E-state index in [-0.39, 0.29) is 25.0 Å². The maximum atomic E-state index is 12.3. The zero-order chi connectivity index (χ0) is 13.8. The average Bonchev–Trinajstić information content (AvgIpc) is 3.06. The molecule has 104 valence electrons. The number of carbonyl (C=O) groups is 2. The maximum absolute atomic E-state index is 12.3. The topological polar surface area (TPSA) is 74.0 Å². The van der Waals surface area contributed by atoms with Crippen molar-refractivity contribution in [3.05, 3.63) is 24.2 Å². The van der Waals surface area contributed by atoms with Crippen molar-refractivity contribution in [3.63, 3.8) is 0 Å². The summed E-state index contributed by atoms with van der Waals surface area (Å²) in [6, 6.07) is 3.64. The van der Waals surface area contributed by atoms with Gasteiger partial charge in [-0.3, -0.25) is 4.79 Å². The van der Waals surface area contributed by atoms with E-state index >= 15 is 0 Å². The van der Waals surface area contributed by atoms with Gasteiger partial charge in [-0.1, -0.05) is 0 Å². The quantitative estimate of drug-likeness (QED) is 0.851. The summed E-state index contributed by atoms with van der Waals surface area (Å²) in [5.74, 6) is -0.169. The van der Waals surface area contributed by atoms with Gasteiger partial charge in [0.05, 0.1) is 19.2 Å². The first kappa shape index (κ1) is 13.5. The molecule has 1 aromatic rings. The van der Waals surface area contributed by atoms with Crippen molar-refractivity contribution in [2.45, 2.75) is 31.8 Å². The van der Waals surface area contributed by atoms with E-state index in [4.69, 9.17) is 9.52 Å². The molecule has 6 nitrogen and oxygen atoms in total. The molecule has 1 aromatic heterocycles. The first-order chi connectivity index (χ1) is 9.08. The number of amides is 2. The van der Waals surface area contributed by atoms with Crippen molar-refractivity contribution in [2.24, 2.45) is 0 Å². The molecule has 1 fully saturated rings. The van der Waals surface area contributed by atoms with Gasteiger partial charge in [-0.05, 0) is 25.0 Å². The molecular weight excluding hydrogens is 248 g/mol. The number of carboxylic acid groups (broad SMARTS) is 1. The SMILES string of the molecule is CN(Cc1ccco1)C(=O)N(CCC(=O)O)C1CC1. The molecule has 0 unspecified atom stereocenters. The van der Waals surface area contributed by atoms with E-state index in [0.29, 0.717) is 12.3 Å². The van der Waals surface area contributed by atoms with Crippen LogP contribution in [0.25, 0.3) is 0 Å². The van der Waals surface area contributed by atoms with Gasteiger partial charge in [-0.25, -0.2) is 4.79 Å². The van der Waals surface area contributed by atoms with E-state index in [1.54, 1.807) is 29.2 Å². The van der Waals surface area contributed by atoms with Crippen LogP contribution in [0.3, 0.4) is 0 Å². The molecule has 1 heterocycles. The maximum Gasteiger partial charge on any atom is 0.320 e. The number of carboxylic acids is 1. The lowest BCUT2D eigenvalue weighted by molar-refractivity contribution is -0.137. The van der Waals surface area contributed by atoms with Gasteiger partial charge in [0.1, 0.15) is 5.76 Å². The molecule has 6 heteroatoms. The normalized spacial score (nSPS) is 14.2. The van der Waals surface area contributed by atoms with Gasteiger partial charge < -0.3 is 19.3 Å². The predicted molar refractivity (Wildman–Crippen MR) is 67.6 cm³/mol. The highest BCUT2D eigenvalue weighted by Gasteiger charge is 2.34. The van der Waals surface area contributed by atoms with Crippen LogP contribution in [-0.2, 0) is 11.3 Å². The van der Waals surface area contributed by atoms with E-state index in [1.165, 1.54) is 0 Å². The number of hydrogen-bond acceptors (Lipinski definition) is 3. The molecule has 1 N–H and O–H groups in total. The second kappa shape index (κ2) is 5.77. The van der Waals surface area contributed by atoms with Crippen molar-refractivity contribution in [1.82, 2.24) is 9.80 Å². The van der Waals surface area contributed by atoms with Crippen molar-refractivity contribution in [2.75, 3.05) is 13.6 Å². The van der Waals surface area contributed by atoms with Crippen molar-refractivity contribution >= 4 is 12.0 Å². The second-order valence-electron chi connectivity index (χ2n) is 4.79. The molecule has 0 aliphatic heterocycles. The highest BCUT2D eigenvalue weighted by molar-refractivity contribution is 5.76. The van der Waals surface area contributed by atoms with Crippen molar-refractivity contribution in [1.29, 1.82) is 0 Å². The summed E-state index contributed by atoms with van der Waals surface area (Å²) in [4.78, 5) is 26.1. The Balaban J connectivity index is 1.92. The van der Waals surface area contributed by atoms with Gasteiger partial charge in [-0.15, -0.1) is 0 Å². The van der Waals surface area contributed by atoms with Crippen LogP contribution in [0.5, 0.6) is 0 Å². The Morgan fingerprint density at radius 3 is 2.74 bits per heavy atom. The van der Waals surface area contributed by atoms with E-state index in [2.05, 4.69) is 0 Å². The van der Waals surface area contributed by atoms with Crippen LogP contribution in [0.2, 0.25) is 0 Å². The Bertz CT molecular complexity index is 440. The summed E-state index contributed by atoms with van der Waals surface area (Å²) in [6.07, 6.45) is 3.47. The fraction of sp³-hybridized carbons (Fsp3) is 0.538. The largest absolute Gasteiger partial charge is 0.481 e. The fourth-order valence-corrected chi connectivity index (χ4v) is 1.96. The molecule has 0 atom stereocenters. The Hall–Kier alpha value is -1.98. The van der Waals surface area contributed by atoms with Gasteiger partial charge in [0, 0.05) is 19.6 Å². The Labute approximate surface area is 111 Å². The lowest BCUT2D eigenvalue weighted by atomic mass is 10.3. The van der Waals surface area contributed by atoms with Crippen LogP contribution in [-0.4, -0.2) is 46.5 Å². The molecular formula is C13H18N2O4. The zero-order valence-electron chi connectivity index (χ0n) is 10.9. The number of furan rings is 1. The minimum atomic E-state index is -0.882. The summed E-state index contributed by atoms with van der Waals surface area (Å²) in [7, 11) is 1.70. The van der Waals surface area contributed by atoms with Gasteiger partial charge in [0.2, 0.25) is 0 Å². The zero-order valence-corrected chi connectivity index (χ0v) is 10.9. The van der Waals surface area contributed by atoms with Crippen LogP contribution in [0.15, 0.2) is 22.8 Å². The van der Waals surface area contributed by atoms with E-state index < -0.39 is 5.97 Å². The molecule has 0 saturated heterocycles. The van der Waals surface area contributed by atoms with E-state index in [0.717, 1.165) is 12.8 Å². The number of hydrogen-bond donors (Lipinski definition) is 1. The first-order valence-electron chi connectivity index (χ1n) is 6.34. The summed E-state index contributed by atoms with van der Waals surface area (Å²) in [5.41, 5.74) is 0. The van der Waals surface area contributed by atoms with Crippen LogP contribution >= 0.6 is 0 Å². The summed E-state index contributed by atoms with van der Waals surface area (Å²) in [6.45, 7) is 0.656. The summed E-state index contributed by atoms with van der Waals surface area (Å²) >= 11 is 0. The molecule has 0 radical (unpaired) electrons. The Morgan fingerprint density at radius 2 is 2.21 bits per heavy atom. The molecule has 0 aromatic carbocycles. The standard InChI is InChI=1S/C13H18N2O4/c1-14(9-11-3-2-8-19-11)13(18)15(10-4-5-10)7-6-12(16)17/h2-3,8,10H,4-7,9H2,1H3,(H,16,17). The smallest absolute Gasteiger partial charge is 0.320 e. The van der Waals surface area contributed by atoms with Crippen LogP contribution < -0.4 is 0 Å². The minimum absolute atomic E-state index is 0.0170. The summed E-state index contributed by atoms with van der Waals surface area (Å²) in [5, 5.41) is 8.73.